The van der Waals surface area contributed by atoms with Crippen molar-refractivity contribution in [3.8, 4) is 0 Å². The van der Waals surface area contributed by atoms with Crippen molar-refractivity contribution in [1.29, 1.82) is 0 Å². The molecule has 0 aliphatic carbocycles. The molecule has 2 aromatic carbocycles. The van der Waals surface area contributed by atoms with Crippen molar-refractivity contribution < 1.29 is 4.79 Å². The van der Waals surface area contributed by atoms with Gasteiger partial charge in [0.2, 0.25) is 5.91 Å². The van der Waals surface area contributed by atoms with Crippen molar-refractivity contribution in [3.05, 3.63) is 65.1 Å². The lowest BCUT2D eigenvalue weighted by Gasteiger charge is -2.07. The Hall–Kier alpha value is -3.06. The average Bonchev–Trinajstić information content (AvgIpc) is 3.04. The van der Waals surface area contributed by atoms with Crippen LogP contribution in [0.25, 0.3) is 21.8 Å². The highest BCUT2D eigenvalue weighted by atomic mass is 32.2. The molecule has 2 aromatic heterocycles. The van der Waals surface area contributed by atoms with Gasteiger partial charge in [-0.15, -0.1) is 11.8 Å². The lowest BCUT2D eigenvalue weighted by molar-refractivity contribution is -0.117. The second-order valence-electron chi connectivity index (χ2n) is 5.85. The summed E-state index contributed by atoms with van der Waals surface area (Å²) in [6, 6.07) is 15.2. The van der Waals surface area contributed by atoms with Crippen molar-refractivity contribution in [2.45, 2.75) is 11.4 Å². The van der Waals surface area contributed by atoms with Gasteiger partial charge < -0.3 is 10.3 Å². The second-order valence-corrected chi connectivity index (χ2v) is 6.73. The molecule has 0 saturated heterocycles. The first-order valence-electron chi connectivity index (χ1n) is 8.06. The van der Waals surface area contributed by atoms with Crippen LogP contribution in [0.15, 0.2) is 64.4 Å². The van der Waals surface area contributed by atoms with Gasteiger partial charge in [-0.05, 0) is 30.5 Å². The Morgan fingerprint density at radius 2 is 2.04 bits per heavy atom. The van der Waals surface area contributed by atoms with Crippen LogP contribution in [-0.2, 0) is 11.3 Å². The fourth-order valence-corrected chi connectivity index (χ4v) is 3.38. The van der Waals surface area contributed by atoms with Crippen molar-refractivity contribution in [1.82, 2.24) is 14.8 Å². The predicted octanol–water partition coefficient (Wildman–Crippen LogP) is 3.24. The van der Waals surface area contributed by atoms with Gasteiger partial charge in [0.05, 0.1) is 6.20 Å². The first kappa shape index (κ1) is 16.4. The number of nitrogens with one attached hydrogen (secondary N) is 2. The Bertz CT molecular complexity index is 1180. The van der Waals surface area contributed by atoms with E-state index in [-0.39, 0.29) is 18.0 Å². The number of aromatic amines is 1. The van der Waals surface area contributed by atoms with Crippen LogP contribution in [0.3, 0.4) is 0 Å². The van der Waals surface area contributed by atoms with E-state index < -0.39 is 0 Å². The summed E-state index contributed by atoms with van der Waals surface area (Å²) in [4.78, 5) is 29.2. The number of fused-ring (bicyclic) bond motifs is 3. The molecule has 6 nitrogen and oxygen atoms in total. The molecule has 0 bridgehead atoms. The summed E-state index contributed by atoms with van der Waals surface area (Å²) in [5.41, 5.74) is 1.71. The van der Waals surface area contributed by atoms with E-state index in [1.54, 1.807) is 18.0 Å². The number of nitrogens with zero attached hydrogens (tertiary/aromatic N) is 2. The Morgan fingerprint density at radius 1 is 1.19 bits per heavy atom. The minimum Gasteiger partial charge on any atom is -0.350 e. The number of anilines is 1. The number of aromatic nitrogens is 3. The van der Waals surface area contributed by atoms with Crippen molar-refractivity contribution in [2.24, 2.45) is 0 Å². The van der Waals surface area contributed by atoms with Gasteiger partial charge in [-0.2, -0.15) is 5.10 Å². The molecular weight excluding hydrogens is 348 g/mol. The number of para-hydroxylation sites is 1. The number of carbonyl (C=O) groups is 1. The SMILES string of the molecule is CSc1cccc(NC(=O)Cn2ncc3c([nH]c4ccccc43)c2=O)c1. The highest BCUT2D eigenvalue weighted by molar-refractivity contribution is 7.98. The summed E-state index contributed by atoms with van der Waals surface area (Å²) in [5.74, 6) is -0.298. The van der Waals surface area contributed by atoms with Gasteiger partial charge in [-0.1, -0.05) is 24.3 Å². The number of amides is 1. The molecule has 0 radical (unpaired) electrons. The normalized spacial score (nSPS) is 11.1. The van der Waals surface area contributed by atoms with E-state index >= 15 is 0 Å². The van der Waals surface area contributed by atoms with Gasteiger partial charge in [0, 0.05) is 26.9 Å². The van der Waals surface area contributed by atoms with Gasteiger partial charge >= 0.3 is 0 Å². The van der Waals surface area contributed by atoms with E-state index in [1.165, 1.54) is 4.68 Å². The molecule has 1 amide bonds. The van der Waals surface area contributed by atoms with E-state index in [2.05, 4.69) is 15.4 Å². The van der Waals surface area contributed by atoms with E-state index in [9.17, 15) is 9.59 Å². The van der Waals surface area contributed by atoms with Gasteiger partial charge in [-0.3, -0.25) is 9.59 Å². The minimum atomic E-state index is -0.313. The van der Waals surface area contributed by atoms with E-state index in [0.29, 0.717) is 11.2 Å². The zero-order valence-electron chi connectivity index (χ0n) is 14.0. The first-order chi connectivity index (χ1) is 12.7. The molecule has 0 fully saturated rings. The summed E-state index contributed by atoms with van der Waals surface area (Å²) in [6.07, 6.45) is 3.59. The molecule has 7 heteroatoms. The van der Waals surface area contributed by atoms with Gasteiger partial charge in [0.25, 0.3) is 5.56 Å². The number of benzene rings is 2. The van der Waals surface area contributed by atoms with Crippen molar-refractivity contribution in [3.63, 3.8) is 0 Å². The molecule has 0 unspecified atom stereocenters. The minimum absolute atomic E-state index is 0.145. The summed E-state index contributed by atoms with van der Waals surface area (Å²) in [7, 11) is 0. The van der Waals surface area contributed by atoms with Gasteiger partial charge in [0.1, 0.15) is 12.1 Å². The lowest BCUT2D eigenvalue weighted by atomic mass is 10.2. The monoisotopic (exact) mass is 364 g/mol. The highest BCUT2D eigenvalue weighted by Gasteiger charge is 2.12. The molecule has 26 heavy (non-hydrogen) atoms. The Kier molecular flexibility index (Phi) is 4.22. The fraction of sp³-hybridized carbons (Fsp3) is 0.105. The van der Waals surface area contributed by atoms with E-state index in [0.717, 1.165) is 21.2 Å². The number of rotatable bonds is 4. The fourth-order valence-electron chi connectivity index (χ4n) is 2.93. The summed E-state index contributed by atoms with van der Waals surface area (Å²) in [6.45, 7) is -0.145. The predicted molar refractivity (Wildman–Crippen MR) is 105 cm³/mol. The molecule has 0 aliphatic heterocycles. The molecule has 0 saturated carbocycles. The highest BCUT2D eigenvalue weighted by Crippen LogP contribution is 2.22. The largest absolute Gasteiger partial charge is 0.350 e. The van der Waals surface area contributed by atoms with Crippen molar-refractivity contribution >= 4 is 45.2 Å². The van der Waals surface area contributed by atoms with Crippen molar-refractivity contribution in [2.75, 3.05) is 11.6 Å². The number of carbonyl (C=O) groups excluding carboxylic acids is 1. The third-order valence-corrected chi connectivity index (χ3v) is 4.89. The Morgan fingerprint density at radius 3 is 2.88 bits per heavy atom. The number of H-pyrrole nitrogens is 1. The van der Waals surface area contributed by atoms with Crippen LogP contribution in [-0.4, -0.2) is 26.9 Å². The molecule has 0 spiro atoms. The smallest absolute Gasteiger partial charge is 0.291 e. The molecule has 2 N–H and O–H groups in total. The van der Waals surface area contributed by atoms with Crippen LogP contribution in [0.2, 0.25) is 0 Å². The third kappa shape index (κ3) is 2.97. The van der Waals surface area contributed by atoms with Crippen LogP contribution in [0, 0.1) is 0 Å². The number of hydrogen-bond donors (Lipinski definition) is 2. The summed E-state index contributed by atoms with van der Waals surface area (Å²) >= 11 is 1.60. The van der Waals surface area contributed by atoms with Crippen LogP contribution in [0.5, 0.6) is 0 Å². The molecule has 4 aromatic rings. The van der Waals surface area contributed by atoms with E-state index in [1.807, 2.05) is 54.8 Å². The topological polar surface area (TPSA) is 79.8 Å². The Balaban J connectivity index is 1.62. The van der Waals surface area contributed by atoms with Crippen LogP contribution in [0.1, 0.15) is 0 Å². The Labute approximate surface area is 153 Å². The zero-order chi connectivity index (χ0) is 18.1. The van der Waals surface area contributed by atoms with E-state index in [4.69, 9.17) is 0 Å². The molecular formula is C19H16N4O2S. The quantitative estimate of drug-likeness (QED) is 0.545. The average molecular weight is 364 g/mol. The van der Waals surface area contributed by atoms with Gasteiger partial charge in [0.15, 0.2) is 0 Å². The molecule has 130 valence electrons. The molecule has 2 heterocycles. The van der Waals surface area contributed by atoms with Gasteiger partial charge in [-0.25, -0.2) is 4.68 Å². The third-order valence-electron chi connectivity index (χ3n) is 4.17. The molecule has 4 rings (SSSR count). The maximum absolute atomic E-state index is 12.7. The van der Waals surface area contributed by atoms with Crippen LogP contribution < -0.4 is 10.9 Å². The maximum atomic E-state index is 12.7. The first-order valence-corrected chi connectivity index (χ1v) is 9.28. The number of thioether (sulfide) groups is 1. The molecule has 0 atom stereocenters. The zero-order valence-corrected chi connectivity index (χ0v) is 14.8. The molecule has 0 aliphatic rings. The van der Waals surface area contributed by atoms with Crippen LogP contribution in [0.4, 0.5) is 5.69 Å². The number of hydrogen-bond acceptors (Lipinski definition) is 4. The summed E-state index contributed by atoms with van der Waals surface area (Å²) < 4.78 is 1.17. The van der Waals surface area contributed by atoms with Crippen LogP contribution >= 0.6 is 11.8 Å². The standard InChI is InChI=1S/C19H16N4O2S/c1-26-13-6-4-5-12(9-13)21-17(24)11-23-19(25)18-15(10-20-23)14-7-2-3-8-16(14)22-18/h2-10,22H,11H2,1H3,(H,21,24). The maximum Gasteiger partial charge on any atom is 0.291 e. The lowest BCUT2D eigenvalue weighted by Crippen LogP contribution is -2.29. The summed E-state index contributed by atoms with van der Waals surface area (Å²) in [5, 5.41) is 8.67. The second kappa shape index (κ2) is 6.68.